The summed E-state index contributed by atoms with van der Waals surface area (Å²) in [6.07, 6.45) is -0.759. The molecule has 0 saturated heterocycles. The molecule has 0 atom stereocenters. The van der Waals surface area contributed by atoms with Crippen LogP contribution >= 0.6 is 23.2 Å². The fourth-order valence-electron chi connectivity index (χ4n) is 1.56. The van der Waals surface area contributed by atoms with Gasteiger partial charge in [0.25, 0.3) is 0 Å². The first-order valence-corrected chi connectivity index (χ1v) is 6.99. The lowest BCUT2D eigenvalue weighted by Crippen LogP contribution is -2.16. The van der Waals surface area contributed by atoms with E-state index in [9.17, 15) is 4.79 Å². The number of rotatable bonds is 5. The Morgan fingerprint density at radius 3 is 2.52 bits per heavy atom. The molecule has 4 nitrogen and oxygen atoms in total. The SMILES string of the molecule is O=C(OCCNc1cccc(Cl)c1)Oc1ccc(Cl)cc1. The minimum Gasteiger partial charge on any atom is -0.432 e. The van der Waals surface area contributed by atoms with Crippen molar-refractivity contribution in [2.24, 2.45) is 0 Å². The number of nitrogens with one attached hydrogen (secondary N) is 1. The van der Waals surface area contributed by atoms with Gasteiger partial charge in [0.2, 0.25) is 0 Å². The Hall–Kier alpha value is -1.91. The van der Waals surface area contributed by atoms with Crippen molar-refractivity contribution in [2.45, 2.75) is 0 Å². The lowest BCUT2D eigenvalue weighted by Gasteiger charge is -2.08. The number of carbonyl (C=O) groups excluding carboxylic acids is 1. The second kappa shape index (κ2) is 7.76. The van der Waals surface area contributed by atoms with Crippen LogP contribution < -0.4 is 10.1 Å². The molecule has 0 aromatic heterocycles. The maximum absolute atomic E-state index is 11.4. The monoisotopic (exact) mass is 325 g/mol. The van der Waals surface area contributed by atoms with Gasteiger partial charge in [0.1, 0.15) is 12.4 Å². The quantitative estimate of drug-likeness (QED) is 0.495. The number of benzene rings is 2. The Morgan fingerprint density at radius 2 is 1.81 bits per heavy atom. The molecule has 0 heterocycles. The van der Waals surface area contributed by atoms with E-state index in [1.807, 2.05) is 12.1 Å². The summed E-state index contributed by atoms with van der Waals surface area (Å²) < 4.78 is 9.91. The maximum atomic E-state index is 11.4. The van der Waals surface area contributed by atoms with Gasteiger partial charge in [0.05, 0.1) is 0 Å². The van der Waals surface area contributed by atoms with Gasteiger partial charge in [-0.05, 0) is 42.5 Å². The molecular formula is C15H13Cl2NO3. The summed E-state index contributed by atoms with van der Waals surface area (Å²) >= 11 is 11.6. The van der Waals surface area contributed by atoms with Gasteiger partial charge >= 0.3 is 6.16 Å². The standard InChI is InChI=1S/C15H13Cl2NO3/c16-11-4-6-14(7-5-11)21-15(19)20-9-8-18-13-3-1-2-12(17)10-13/h1-7,10,18H,8-9H2. The molecule has 1 N–H and O–H groups in total. The Labute approximate surface area is 132 Å². The van der Waals surface area contributed by atoms with Crippen LogP contribution in [0.25, 0.3) is 0 Å². The second-order valence-corrected chi connectivity index (χ2v) is 4.96. The number of hydrogen-bond donors (Lipinski definition) is 1. The molecule has 0 radical (unpaired) electrons. The smallest absolute Gasteiger partial charge is 0.432 e. The molecule has 0 bridgehead atoms. The summed E-state index contributed by atoms with van der Waals surface area (Å²) in [5.74, 6) is 0.382. The first-order chi connectivity index (χ1) is 10.1. The van der Waals surface area contributed by atoms with Gasteiger partial charge in [-0.2, -0.15) is 0 Å². The van der Waals surface area contributed by atoms with Gasteiger partial charge in [0.15, 0.2) is 0 Å². The van der Waals surface area contributed by atoms with E-state index in [0.717, 1.165) is 5.69 Å². The first-order valence-electron chi connectivity index (χ1n) is 6.23. The van der Waals surface area contributed by atoms with Gasteiger partial charge in [-0.3, -0.25) is 0 Å². The van der Waals surface area contributed by atoms with Crippen LogP contribution in [-0.2, 0) is 4.74 Å². The number of anilines is 1. The minimum absolute atomic E-state index is 0.180. The molecule has 21 heavy (non-hydrogen) atoms. The van der Waals surface area contributed by atoms with E-state index >= 15 is 0 Å². The van der Waals surface area contributed by atoms with Gasteiger partial charge in [0, 0.05) is 22.3 Å². The van der Waals surface area contributed by atoms with E-state index in [1.165, 1.54) is 0 Å². The van der Waals surface area contributed by atoms with Crippen LogP contribution in [0.3, 0.4) is 0 Å². The average molecular weight is 326 g/mol. The molecule has 0 amide bonds. The predicted molar refractivity (Wildman–Crippen MR) is 83.4 cm³/mol. The fourth-order valence-corrected chi connectivity index (χ4v) is 1.87. The highest BCUT2D eigenvalue weighted by molar-refractivity contribution is 6.31. The van der Waals surface area contributed by atoms with Gasteiger partial charge in [-0.25, -0.2) is 4.79 Å². The molecule has 0 aliphatic rings. The fraction of sp³-hybridized carbons (Fsp3) is 0.133. The van der Waals surface area contributed by atoms with Crippen LogP contribution in [0.2, 0.25) is 10.0 Å². The highest BCUT2D eigenvalue weighted by Crippen LogP contribution is 2.16. The molecule has 2 aromatic carbocycles. The minimum atomic E-state index is -0.759. The maximum Gasteiger partial charge on any atom is 0.513 e. The van der Waals surface area contributed by atoms with Crippen molar-refractivity contribution in [3.8, 4) is 5.75 Å². The summed E-state index contributed by atoms with van der Waals surface area (Å²) in [5, 5.41) is 4.29. The molecule has 2 aromatic rings. The van der Waals surface area contributed by atoms with Crippen molar-refractivity contribution in [3.05, 3.63) is 58.6 Å². The molecule has 0 spiro atoms. The zero-order valence-electron chi connectivity index (χ0n) is 11.0. The summed E-state index contributed by atoms with van der Waals surface area (Å²) in [6, 6.07) is 13.7. The first kappa shape index (κ1) is 15.5. The predicted octanol–water partition coefficient (Wildman–Crippen LogP) is 4.62. The molecule has 110 valence electrons. The van der Waals surface area contributed by atoms with Crippen LogP contribution in [0, 0.1) is 0 Å². The molecular weight excluding hydrogens is 313 g/mol. The van der Waals surface area contributed by atoms with Crippen molar-refractivity contribution in [3.63, 3.8) is 0 Å². The van der Waals surface area contributed by atoms with Crippen LogP contribution in [0.15, 0.2) is 48.5 Å². The molecule has 0 fully saturated rings. The van der Waals surface area contributed by atoms with Gasteiger partial charge < -0.3 is 14.8 Å². The van der Waals surface area contributed by atoms with Gasteiger partial charge in [-0.1, -0.05) is 29.3 Å². The van der Waals surface area contributed by atoms with Crippen LogP contribution in [-0.4, -0.2) is 19.3 Å². The van der Waals surface area contributed by atoms with Crippen molar-refractivity contribution >= 4 is 35.0 Å². The molecule has 0 unspecified atom stereocenters. The van der Waals surface area contributed by atoms with E-state index in [-0.39, 0.29) is 6.61 Å². The Balaban J connectivity index is 1.68. The molecule has 6 heteroatoms. The van der Waals surface area contributed by atoms with Crippen molar-refractivity contribution in [1.82, 2.24) is 0 Å². The van der Waals surface area contributed by atoms with E-state index in [1.54, 1.807) is 36.4 Å². The highest BCUT2D eigenvalue weighted by atomic mass is 35.5. The van der Waals surface area contributed by atoms with Crippen molar-refractivity contribution in [1.29, 1.82) is 0 Å². The molecule has 0 aliphatic carbocycles. The lowest BCUT2D eigenvalue weighted by molar-refractivity contribution is 0.103. The van der Waals surface area contributed by atoms with E-state index in [2.05, 4.69) is 5.32 Å². The highest BCUT2D eigenvalue weighted by Gasteiger charge is 2.05. The third-order valence-electron chi connectivity index (χ3n) is 2.49. The number of halogens is 2. The lowest BCUT2D eigenvalue weighted by atomic mass is 10.3. The third kappa shape index (κ3) is 5.53. The topological polar surface area (TPSA) is 47.6 Å². The van der Waals surface area contributed by atoms with Gasteiger partial charge in [-0.15, -0.1) is 0 Å². The van der Waals surface area contributed by atoms with E-state index < -0.39 is 6.16 Å². The number of ether oxygens (including phenoxy) is 2. The Morgan fingerprint density at radius 1 is 1.05 bits per heavy atom. The average Bonchev–Trinajstić information content (AvgIpc) is 2.46. The van der Waals surface area contributed by atoms with Crippen LogP contribution in [0.5, 0.6) is 5.75 Å². The summed E-state index contributed by atoms with van der Waals surface area (Å²) in [4.78, 5) is 11.4. The second-order valence-electron chi connectivity index (χ2n) is 4.09. The van der Waals surface area contributed by atoms with Crippen molar-refractivity contribution in [2.75, 3.05) is 18.5 Å². The Bertz CT molecular complexity index is 602. The normalized spacial score (nSPS) is 10.0. The number of carbonyl (C=O) groups is 1. The van der Waals surface area contributed by atoms with Crippen LogP contribution in [0.4, 0.5) is 10.5 Å². The molecule has 0 saturated carbocycles. The van der Waals surface area contributed by atoms with Crippen LogP contribution in [0.1, 0.15) is 0 Å². The molecule has 2 rings (SSSR count). The molecule has 0 aliphatic heterocycles. The summed E-state index contributed by atoms with van der Waals surface area (Å²) in [6.45, 7) is 0.634. The zero-order chi connectivity index (χ0) is 15.1. The van der Waals surface area contributed by atoms with Crippen molar-refractivity contribution < 1.29 is 14.3 Å². The van der Waals surface area contributed by atoms with E-state index in [0.29, 0.717) is 22.3 Å². The third-order valence-corrected chi connectivity index (χ3v) is 2.98. The summed E-state index contributed by atoms with van der Waals surface area (Å²) in [5.41, 5.74) is 0.858. The Kier molecular flexibility index (Phi) is 5.72. The largest absolute Gasteiger partial charge is 0.513 e. The van der Waals surface area contributed by atoms with E-state index in [4.69, 9.17) is 32.7 Å². The zero-order valence-corrected chi connectivity index (χ0v) is 12.5. The summed E-state index contributed by atoms with van der Waals surface area (Å²) in [7, 11) is 0. The number of hydrogen-bond acceptors (Lipinski definition) is 4.